The lowest BCUT2D eigenvalue weighted by molar-refractivity contribution is 0.103. The van der Waals surface area contributed by atoms with Crippen molar-refractivity contribution in [3.8, 4) is 11.5 Å². The first-order valence-corrected chi connectivity index (χ1v) is 7.84. The number of hydrogen-bond donors (Lipinski definition) is 0. The van der Waals surface area contributed by atoms with Crippen LogP contribution in [0.2, 0.25) is 0 Å². The molecule has 0 amide bonds. The van der Waals surface area contributed by atoms with E-state index in [2.05, 4.69) is 15.9 Å². The van der Waals surface area contributed by atoms with Crippen molar-refractivity contribution in [3.63, 3.8) is 0 Å². The van der Waals surface area contributed by atoms with Crippen molar-refractivity contribution in [1.82, 2.24) is 4.57 Å². The summed E-state index contributed by atoms with van der Waals surface area (Å²) in [6, 6.07) is 7.55. The molecule has 22 heavy (non-hydrogen) atoms. The van der Waals surface area contributed by atoms with Gasteiger partial charge in [-0.2, -0.15) is 0 Å². The van der Waals surface area contributed by atoms with Gasteiger partial charge < -0.3 is 14.0 Å². The number of benzene rings is 1. The van der Waals surface area contributed by atoms with Crippen LogP contribution in [-0.4, -0.2) is 24.1 Å². The van der Waals surface area contributed by atoms with Crippen LogP contribution in [-0.2, 0) is 6.54 Å². The predicted octanol–water partition coefficient (Wildman–Crippen LogP) is 3.94. The van der Waals surface area contributed by atoms with E-state index in [0.717, 1.165) is 21.3 Å². The summed E-state index contributed by atoms with van der Waals surface area (Å²) in [5, 5.41) is 0. The molecule has 1 aromatic carbocycles. The van der Waals surface area contributed by atoms with E-state index in [9.17, 15) is 4.79 Å². The van der Waals surface area contributed by atoms with Crippen LogP contribution in [0.15, 0.2) is 40.5 Å². The molecule has 0 atom stereocenters. The minimum Gasteiger partial charge on any atom is -0.492 e. The maximum atomic E-state index is 12.3. The first kappa shape index (κ1) is 14.9. The minimum atomic E-state index is 0.0786. The van der Waals surface area contributed by atoms with Crippen molar-refractivity contribution >= 4 is 27.8 Å². The zero-order chi connectivity index (χ0) is 15.7. The quantitative estimate of drug-likeness (QED) is 0.774. The molecular formula is C17H16BrNO3. The van der Waals surface area contributed by atoms with Crippen molar-refractivity contribution in [1.29, 1.82) is 0 Å². The first-order valence-electron chi connectivity index (χ1n) is 7.04. The molecule has 2 heterocycles. The van der Waals surface area contributed by atoms with Crippen LogP contribution < -0.4 is 9.47 Å². The molecule has 4 nitrogen and oxygen atoms in total. The number of methoxy groups -OCH3 is 1. The summed E-state index contributed by atoms with van der Waals surface area (Å²) in [4.78, 5) is 12.3. The van der Waals surface area contributed by atoms with Crippen molar-refractivity contribution in [2.75, 3.05) is 13.7 Å². The van der Waals surface area contributed by atoms with Gasteiger partial charge in [0.1, 0.15) is 0 Å². The maximum Gasteiger partial charge on any atom is 0.207 e. The van der Waals surface area contributed by atoms with Crippen LogP contribution in [0.25, 0.3) is 6.08 Å². The second-order valence-corrected chi connectivity index (χ2v) is 5.84. The van der Waals surface area contributed by atoms with E-state index in [1.54, 1.807) is 7.11 Å². The molecule has 1 aromatic heterocycles. The Morgan fingerprint density at radius 3 is 2.91 bits per heavy atom. The second-order valence-electron chi connectivity index (χ2n) is 4.99. The number of fused-ring (bicyclic) bond motifs is 1. The Kier molecular flexibility index (Phi) is 4.07. The van der Waals surface area contributed by atoms with Gasteiger partial charge in [0.05, 0.1) is 30.4 Å². The SMILES string of the molecule is CCOc1cc(/C=C2\Cn3cccc3C2=O)cc(Br)c1OC. The number of aromatic nitrogens is 1. The largest absolute Gasteiger partial charge is 0.492 e. The summed E-state index contributed by atoms with van der Waals surface area (Å²) in [6.07, 6.45) is 3.83. The van der Waals surface area contributed by atoms with Crippen LogP contribution in [0.1, 0.15) is 23.0 Å². The standard InChI is InChI=1S/C17H16BrNO3/c1-3-22-15-9-11(8-13(18)17(15)21-2)7-12-10-19-6-4-5-14(19)16(12)20/h4-9H,3,10H2,1-2H3/b12-7+. The van der Waals surface area contributed by atoms with Crippen LogP contribution in [0.4, 0.5) is 0 Å². The molecule has 0 radical (unpaired) electrons. The highest BCUT2D eigenvalue weighted by molar-refractivity contribution is 9.10. The zero-order valence-corrected chi connectivity index (χ0v) is 14.0. The van der Waals surface area contributed by atoms with Crippen molar-refractivity contribution in [2.45, 2.75) is 13.5 Å². The summed E-state index contributed by atoms with van der Waals surface area (Å²) >= 11 is 3.49. The highest BCUT2D eigenvalue weighted by Gasteiger charge is 2.24. The number of Topliss-reactive ketones (excluding diaryl/α,β-unsaturated/α-hetero) is 1. The van der Waals surface area contributed by atoms with E-state index in [1.807, 2.05) is 48.0 Å². The fraction of sp³-hybridized carbons (Fsp3) is 0.235. The lowest BCUT2D eigenvalue weighted by Gasteiger charge is -2.12. The molecule has 0 saturated heterocycles. The number of allylic oxidation sites excluding steroid dienone is 1. The van der Waals surface area contributed by atoms with Gasteiger partial charge in [-0.05, 0) is 58.8 Å². The van der Waals surface area contributed by atoms with Crippen LogP contribution >= 0.6 is 15.9 Å². The number of nitrogens with zero attached hydrogens (tertiary/aromatic N) is 1. The number of carbonyl (C=O) groups excluding carboxylic acids is 1. The minimum absolute atomic E-state index is 0.0786. The molecule has 0 N–H and O–H groups in total. The van der Waals surface area contributed by atoms with Gasteiger partial charge in [-0.3, -0.25) is 4.79 Å². The molecule has 5 heteroatoms. The molecular weight excluding hydrogens is 346 g/mol. The Morgan fingerprint density at radius 2 is 2.23 bits per heavy atom. The third kappa shape index (κ3) is 2.57. The third-order valence-electron chi connectivity index (χ3n) is 3.57. The van der Waals surface area contributed by atoms with Gasteiger partial charge >= 0.3 is 0 Å². The average Bonchev–Trinajstić information content (AvgIpc) is 3.04. The normalized spacial score (nSPS) is 15.2. The van der Waals surface area contributed by atoms with Gasteiger partial charge in [-0.1, -0.05) is 0 Å². The molecule has 3 rings (SSSR count). The number of ether oxygens (including phenoxy) is 2. The number of halogens is 1. The lowest BCUT2D eigenvalue weighted by Crippen LogP contribution is -1.98. The fourth-order valence-corrected chi connectivity index (χ4v) is 3.24. The van der Waals surface area contributed by atoms with E-state index in [0.29, 0.717) is 24.7 Å². The highest BCUT2D eigenvalue weighted by atomic mass is 79.9. The average molecular weight is 362 g/mol. The van der Waals surface area contributed by atoms with E-state index in [4.69, 9.17) is 9.47 Å². The summed E-state index contributed by atoms with van der Waals surface area (Å²) in [5.74, 6) is 1.40. The fourth-order valence-electron chi connectivity index (χ4n) is 2.62. The predicted molar refractivity (Wildman–Crippen MR) is 88.6 cm³/mol. The second kappa shape index (κ2) is 6.01. The molecule has 114 valence electrons. The molecule has 0 fully saturated rings. The van der Waals surface area contributed by atoms with Crippen LogP contribution in [0.3, 0.4) is 0 Å². The Balaban J connectivity index is 1.98. The van der Waals surface area contributed by atoms with Gasteiger partial charge in [0, 0.05) is 11.8 Å². The molecule has 0 aliphatic carbocycles. The monoisotopic (exact) mass is 361 g/mol. The van der Waals surface area contributed by atoms with Gasteiger partial charge in [0.15, 0.2) is 11.5 Å². The van der Waals surface area contributed by atoms with Crippen LogP contribution in [0, 0.1) is 0 Å². The van der Waals surface area contributed by atoms with Gasteiger partial charge in [0.25, 0.3) is 0 Å². The van der Waals surface area contributed by atoms with E-state index < -0.39 is 0 Å². The molecule has 0 spiro atoms. The van der Waals surface area contributed by atoms with Crippen molar-refractivity contribution < 1.29 is 14.3 Å². The zero-order valence-electron chi connectivity index (χ0n) is 12.4. The van der Waals surface area contributed by atoms with E-state index in [1.165, 1.54) is 0 Å². The number of rotatable bonds is 4. The maximum absolute atomic E-state index is 12.3. The first-order chi connectivity index (χ1) is 10.6. The summed E-state index contributed by atoms with van der Waals surface area (Å²) < 4.78 is 13.7. The molecule has 0 bridgehead atoms. The van der Waals surface area contributed by atoms with Crippen LogP contribution in [0.5, 0.6) is 11.5 Å². The molecule has 2 aromatic rings. The Morgan fingerprint density at radius 1 is 1.41 bits per heavy atom. The Labute approximate surface area is 137 Å². The van der Waals surface area contributed by atoms with E-state index in [-0.39, 0.29) is 5.78 Å². The Bertz CT molecular complexity index is 761. The summed E-state index contributed by atoms with van der Waals surface area (Å²) in [7, 11) is 1.61. The van der Waals surface area contributed by atoms with E-state index >= 15 is 0 Å². The molecule has 0 saturated carbocycles. The number of ketones is 1. The summed E-state index contributed by atoms with van der Waals surface area (Å²) in [5.41, 5.74) is 2.42. The molecule has 1 aliphatic heterocycles. The van der Waals surface area contributed by atoms with Gasteiger partial charge in [-0.15, -0.1) is 0 Å². The lowest BCUT2D eigenvalue weighted by atomic mass is 10.1. The molecule has 1 aliphatic rings. The Hall–Kier alpha value is -2.01. The van der Waals surface area contributed by atoms with Crippen molar-refractivity contribution in [3.05, 3.63) is 51.8 Å². The smallest absolute Gasteiger partial charge is 0.207 e. The third-order valence-corrected chi connectivity index (χ3v) is 4.16. The topological polar surface area (TPSA) is 40.5 Å². The van der Waals surface area contributed by atoms with Gasteiger partial charge in [0.2, 0.25) is 5.78 Å². The molecule has 0 unspecified atom stereocenters. The van der Waals surface area contributed by atoms with Crippen molar-refractivity contribution in [2.24, 2.45) is 0 Å². The van der Waals surface area contributed by atoms with Gasteiger partial charge in [-0.25, -0.2) is 0 Å². The summed E-state index contributed by atoms with van der Waals surface area (Å²) in [6.45, 7) is 3.08. The highest BCUT2D eigenvalue weighted by Crippen LogP contribution is 2.37. The number of carbonyl (C=O) groups is 1. The number of hydrogen-bond acceptors (Lipinski definition) is 3.